The standard InChI is InChI=1S/C18H23FN4O2/c1-11(24)21-17(12-5-3-4-6-12)18(25)20-10-16-22-14-9-13(19)7-8-15(14)23(16)2/h7-9,12,17H,3-6,10H2,1-2H3,(H,20,25)(H,21,24)/t17-/m0/s1. The van der Waals surface area contributed by atoms with Crippen LogP contribution in [0.5, 0.6) is 0 Å². The Bertz CT molecular complexity index is 796. The number of rotatable bonds is 5. The fourth-order valence-electron chi connectivity index (χ4n) is 3.56. The van der Waals surface area contributed by atoms with Crippen LogP contribution in [0.1, 0.15) is 38.4 Å². The fraction of sp³-hybridized carbons (Fsp3) is 0.500. The van der Waals surface area contributed by atoms with E-state index in [-0.39, 0.29) is 30.1 Å². The zero-order valence-electron chi connectivity index (χ0n) is 14.5. The number of benzene rings is 1. The van der Waals surface area contributed by atoms with Crippen molar-refractivity contribution in [2.75, 3.05) is 0 Å². The number of imidazole rings is 1. The Labute approximate surface area is 145 Å². The molecule has 1 aliphatic rings. The van der Waals surface area contributed by atoms with E-state index in [1.807, 2.05) is 11.6 Å². The Morgan fingerprint density at radius 1 is 1.36 bits per heavy atom. The van der Waals surface area contributed by atoms with Gasteiger partial charge in [-0.1, -0.05) is 12.8 Å². The van der Waals surface area contributed by atoms with Gasteiger partial charge < -0.3 is 15.2 Å². The van der Waals surface area contributed by atoms with E-state index in [2.05, 4.69) is 15.6 Å². The van der Waals surface area contributed by atoms with Gasteiger partial charge in [0.1, 0.15) is 17.7 Å². The molecule has 1 aromatic carbocycles. The summed E-state index contributed by atoms with van der Waals surface area (Å²) in [6, 6.07) is 3.92. The number of carbonyl (C=O) groups is 2. The van der Waals surface area contributed by atoms with Crippen LogP contribution in [0.15, 0.2) is 18.2 Å². The second-order valence-corrected chi connectivity index (χ2v) is 6.66. The first-order valence-electron chi connectivity index (χ1n) is 8.61. The van der Waals surface area contributed by atoms with Crippen molar-refractivity contribution in [2.24, 2.45) is 13.0 Å². The summed E-state index contributed by atoms with van der Waals surface area (Å²) in [4.78, 5) is 28.4. The monoisotopic (exact) mass is 346 g/mol. The molecule has 1 atom stereocenters. The summed E-state index contributed by atoms with van der Waals surface area (Å²) in [7, 11) is 1.83. The molecule has 1 aliphatic carbocycles. The van der Waals surface area contributed by atoms with Crippen LogP contribution in [-0.4, -0.2) is 27.4 Å². The minimum absolute atomic E-state index is 0.179. The Morgan fingerprint density at radius 3 is 2.76 bits per heavy atom. The zero-order chi connectivity index (χ0) is 18.0. The van der Waals surface area contributed by atoms with Crippen molar-refractivity contribution in [3.63, 3.8) is 0 Å². The second-order valence-electron chi connectivity index (χ2n) is 6.66. The molecule has 1 fully saturated rings. The highest BCUT2D eigenvalue weighted by Gasteiger charge is 2.31. The van der Waals surface area contributed by atoms with Gasteiger partial charge in [0.05, 0.1) is 17.6 Å². The van der Waals surface area contributed by atoms with Gasteiger partial charge in [0.25, 0.3) is 0 Å². The van der Waals surface area contributed by atoms with E-state index in [9.17, 15) is 14.0 Å². The molecule has 3 rings (SSSR count). The molecule has 134 valence electrons. The zero-order valence-corrected chi connectivity index (χ0v) is 14.5. The summed E-state index contributed by atoms with van der Waals surface area (Å²) in [5.74, 6) is 0.0825. The minimum atomic E-state index is -0.507. The SMILES string of the molecule is CC(=O)N[C@H](C(=O)NCc1nc2cc(F)ccc2n1C)C1CCCC1. The normalized spacial score (nSPS) is 16.1. The molecule has 0 aliphatic heterocycles. The van der Waals surface area contributed by atoms with Crippen LogP contribution in [0.3, 0.4) is 0 Å². The van der Waals surface area contributed by atoms with Crippen LogP contribution in [0.2, 0.25) is 0 Å². The van der Waals surface area contributed by atoms with E-state index >= 15 is 0 Å². The first-order chi connectivity index (χ1) is 12.0. The molecule has 0 bridgehead atoms. The van der Waals surface area contributed by atoms with E-state index in [0.29, 0.717) is 11.3 Å². The van der Waals surface area contributed by atoms with Crippen molar-refractivity contribution >= 4 is 22.8 Å². The molecule has 2 N–H and O–H groups in total. The number of nitrogens with zero attached hydrogens (tertiary/aromatic N) is 2. The highest BCUT2D eigenvalue weighted by molar-refractivity contribution is 5.87. The number of carbonyl (C=O) groups excluding carboxylic acids is 2. The maximum Gasteiger partial charge on any atom is 0.243 e. The van der Waals surface area contributed by atoms with Gasteiger partial charge in [0.2, 0.25) is 11.8 Å². The summed E-state index contributed by atoms with van der Waals surface area (Å²) in [5, 5.41) is 5.65. The van der Waals surface area contributed by atoms with Crippen LogP contribution >= 0.6 is 0 Å². The molecule has 0 saturated heterocycles. The van der Waals surface area contributed by atoms with E-state index in [0.717, 1.165) is 31.2 Å². The van der Waals surface area contributed by atoms with Crippen LogP contribution in [0, 0.1) is 11.7 Å². The van der Waals surface area contributed by atoms with Gasteiger partial charge in [-0.2, -0.15) is 0 Å². The third-order valence-electron chi connectivity index (χ3n) is 4.87. The molecule has 7 heteroatoms. The molecule has 2 amide bonds. The summed E-state index contributed by atoms with van der Waals surface area (Å²) < 4.78 is 15.2. The number of aryl methyl sites for hydroxylation is 1. The summed E-state index contributed by atoms with van der Waals surface area (Å²) in [6.45, 7) is 1.66. The maximum absolute atomic E-state index is 13.3. The predicted molar refractivity (Wildman–Crippen MR) is 92.1 cm³/mol. The van der Waals surface area contributed by atoms with Crippen molar-refractivity contribution in [1.82, 2.24) is 20.2 Å². The summed E-state index contributed by atoms with van der Waals surface area (Å²) in [6.07, 6.45) is 4.07. The second kappa shape index (κ2) is 7.21. The molecule has 6 nitrogen and oxygen atoms in total. The van der Waals surface area contributed by atoms with Crippen molar-refractivity contribution in [3.8, 4) is 0 Å². The lowest BCUT2D eigenvalue weighted by atomic mass is 9.97. The highest BCUT2D eigenvalue weighted by atomic mass is 19.1. The number of hydrogen-bond donors (Lipinski definition) is 2. The third kappa shape index (κ3) is 3.81. The lowest BCUT2D eigenvalue weighted by Crippen LogP contribution is -2.49. The number of fused-ring (bicyclic) bond motifs is 1. The van der Waals surface area contributed by atoms with Crippen molar-refractivity contribution in [3.05, 3.63) is 29.8 Å². The van der Waals surface area contributed by atoms with E-state index in [1.54, 1.807) is 6.07 Å². The van der Waals surface area contributed by atoms with Gasteiger partial charge in [-0.05, 0) is 30.9 Å². The first kappa shape index (κ1) is 17.4. The van der Waals surface area contributed by atoms with Crippen molar-refractivity contribution in [1.29, 1.82) is 0 Å². The van der Waals surface area contributed by atoms with E-state index < -0.39 is 6.04 Å². The number of aromatic nitrogens is 2. The number of nitrogens with one attached hydrogen (secondary N) is 2. The van der Waals surface area contributed by atoms with Gasteiger partial charge in [-0.3, -0.25) is 9.59 Å². The van der Waals surface area contributed by atoms with E-state index in [1.165, 1.54) is 19.1 Å². The third-order valence-corrected chi connectivity index (χ3v) is 4.87. The fourth-order valence-corrected chi connectivity index (χ4v) is 3.56. The Hall–Kier alpha value is -2.44. The maximum atomic E-state index is 13.3. The Morgan fingerprint density at radius 2 is 2.08 bits per heavy atom. The van der Waals surface area contributed by atoms with Gasteiger partial charge >= 0.3 is 0 Å². The highest BCUT2D eigenvalue weighted by Crippen LogP contribution is 2.28. The lowest BCUT2D eigenvalue weighted by Gasteiger charge is -2.23. The Balaban J connectivity index is 1.71. The quantitative estimate of drug-likeness (QED) is 0.870. The average molecular weight is 346 g/mol. The van der Waals surface area contributed by atoms with Gasteiger partial charge in [-0.15, -0.1) is 0 Å². The molecular weight excluding hydrogens is 323 g/mol. The van der Waals surface area contributed by atoms with Gasteiger partial charge in [0, 0.05) is 20.0 Å². The van der Waals surface area contributed by atoms with Crippen LogP contribution in [0.4, 0.5) is 4.39 Å². The molecule has 0 radical (unpaired) electrons. The molecule has 1 saturated carbocycles. The number of halogens is 1. The molecule has 0 unspecified atom stereocenters. The van der Waals surface area contributed by atoms with Crippen LogP contribution in [0.25, 0.3) is 11.0 Å². The lowest BCUT2D eigenvalue weighted by molar-refractivity contribution is -0.129. The average Bonchev–Trinajstić information content (AvgIpc) is 3.18. The van der Waals surface area contributed by atoms with Gasteiger partial charge in [0.15, 0.2) is 0 Å². The number of hydrogen-bond acceptors (Lipinski definition) is 3. The first-order valence-corrected chi connectivity index (χ1v) is 8.61. The van der Waals surface area contributed by atoms with Crippen molar-refractivity contribution < 1.29 is 14.0 Å². The minimum Gasteiger partial charge on any atom is -0.347 e. The summed E-state index contributed by atoms with van der Waals surface area (Å²) in [5.41, 5.74) is 1.36. The van der Waals surface area contributed by atoms with Crippen molar-refractivity contribution in [2.45, 2.75) is 45.2 Å². The predicted octanol–water partition coefficient (Wildman–Crippen LogP) is 2.02. The van der Waals surface area contributed by atoms with Gasteiger partial charge in [-0.25, -0.2) is 9.37 Å². The molecular formula is C18H23FN4O2. The van der Waals surface area contributed by atoms with Crippen LogP contribution < -0.4 is 10.6 Å². The molecule has 25 heavy (non-hydrogen) atoms. The largest absolute Gasteiger partial charge is 0.347 e. The van der Waals surface area contributed by atoms with Crippen LogP contribution in [-0.2, 0) is 23.2 Å². The molecule has 0 spiro atoms. The molecule has 2 aromatic rings. The topological polar surface area (TPSA) is 76.0 Å². The Kier molecular flexibility index (Phi) is 5.01. The number of amides is 2. The molecule has 1 aromatic heterocycles. The smallest absolute Gasteiger partial charge is 0.243 e. The summed E-state index contributed by atoms with van der Waals surface area (Å²) >= 11 is 0. The molecule has 1 heterocycles. The van der Waals surface area contributed by atoms with E-state index in [4.69, 9.17) is 0 Å².